The molecule has 0 bridgehead atoms. The number of hydrogen-bond donors (Lipinski definition) is 2. The molecule has 518 valence electrons. The van der Waals surface area contributed by atoms with E-state index in [4.69, 9.17) is 24.3 Å². The Morgan fingerprint density at radius 1 is 0.323 bits per heavy atom. The van der Waals surface area contributed by atoms with Crippen LogP contribution in [0.5, 0.6) is 0 Å². The van der Waals surface area contributed by atoms with Gasteiger partial charge in [-0.15, -0.1) is 0 Å². The molecule has 3 N–H and O–H groups in total. The first-order valence-corrected chi connectivity index (χ1v) is 37.4. The van der Waals surface area contributed by atoms with Gasteiger partial charge in [0.25, 0.3) is 0 Å². The van der Waals surface area contributed by atoms with Crippen LogP contribution in [0.4, 0.5) is 0 Å². The maximum absolute atomic E-state index is 12.8. The molecule has 0 spiro atoms. The minimum absolute atomic E-state index is 0.0363. The molecule has 0 aromatic carbocycles. The summed E-state index contributed by atoms with van der Waals surface area (Å²) in [6.07, 6.45) is 118. The molecule has 2 atom stereocenters. The number of allylic oxidation sites excluding steroid dienone is 38. The molecule has 0 fully saturated rings. The molecule has 10 heteroatoms. The molecule has 0 aliphatic rings. The van der Waals surface area contributed by atoms with E-state index in [9.17, 15) is 19.0 Å². The van der Waals surface area contributed by atoms with Crippen LogP contribution in [-0.4, -0.2) is 49.3 Å². The van der Waals surface area contributed by atoms with Crippen molar-refractivity contribution in [1.82, 2.24) is 0 Å². The van der Waals surface area contributed by atoms with Gasteiger partial charge in [0.2, 0.25) is 0 Å². The number of rotatable bonds is 64. The van der Waals surface area contributed by atoms with E-state index in [0.717, 1.165) is 180 Å². The van der Waals surface area contributed by atoms with Crippen LogP contribution in [0.15, 0.2) is 231 Å². The van der Waals surface area contributed by atoms with E-state index in [1.807, 2.05) is 0 Å². The summed E-state index contributed by atoms with van der Waals surface area (Å²) in [7, 11) is -4.42. The van der Waals surface area contributed by atoms with Gasteiger partial charge in [0.05, 0.1) is 13.2 Å². The molecule has 0 aromatic rings. The van der Waals surface area contributed by atoms with Crippen LogP contribution >= 0.6 is 7.82 Å². The first-order valence-electron chi connectivity index (χ1n) is 35.9. The van der Waals surface area contributed by atoms with Crippen LogP contribution in [0, 0.1) is 0 Å². The molecule has 2 unspecified atom stereocenters. The van der Waals surface area contributed by atoms with Gasteiger partial charge in [-0.25, -0.2) is 4.57 Å². The molecule has 0 saturated carbocycles. The van der Waals surface area contributed by atoms with Crippen molar-refractivity contribution in [2.24, 2.45) is 5.73 Å². The number of hydrogen-bond acceptors (Lipinski definition) is 8. The second kappa shape index (κ2) is 75.1. The summed E-state index contributed by atoms with van der Waals surface area (Å²) in [4.78, 5) is 35.4. The van der Waals surface area contributed by atoms with E-state index >= 15 is 0 Å². The highest BCUT2D eigenvalue weighted by atomic mass is 31.2. The van der Waals surface area contributed by atoms with Gasteiger partial charge in [0.1, 0.15) is 6.61 Å². The summed E-state index contributed by atoms with van der Waals surface area (Å²) >= 11 is 0. The second-order valence-corrected chi connectivity index (χ2v) is 24.1. The largest absolute Gasteiger partial charge is 0.472 e. The fourth-order valence-electron chi connectivity index (χ4n) is 8.83. The Kier molecular flexibility index (Phi) is 70.3. The summed E-state index contributed by atoms with van der Waals surface area (Å²) in [5, 5.41) is 0. The lowest BCUT2D eigenvalue weighted by Gasteiger charge is -2.19. The van der Waals surface area contributed by atoms with E-state index in [0.29, 0.717) is 12.8 Å². The fraction of sp³-hybridized carbons (Fsp3) is 0.518. The van der Waals surface area contributed by atoms with Gasteiger partial charge in [-0.3, -0.25) is 18.6 Å². The van der Waals surface area contributed by atoms with Crippen molar-refractivity contribution in [3.8, 4) is 0 Å². The van der Waals surface area contributed by atoms with Crippen LogP contribution in [-0.2, 0) is 32.7 Å². The lowest BCUT2D eigenvalue weighted by molar-refractivity contribution is -0.161. The maximum atomic E-state index is 12.8. The Labute approximate surface area is 568 Å². The van der Waals surface area contributed by atoms with Crippen molar-refractivity contribution in [3.63, 3.8) is 0 Å². The third-order valence-corrected chi connectivity index (χ3v) is 15.0. The highest BCUT2D eigenvalue weighted by Crippen LogP contribution is 2.43. The maximum Gasteiger partial charge on any atom is 0.472 e. The van der Waals surface area contributed by atoms with E-state index in [2.05, 4.69) is 245 Å². The molecular formula is C83H128NO8P. The topological polar surface area (TPSA) is 134 Å². The summed E-state index contributed by atoms with van der Waals surface area (Å²) in [6.45, 7) is 3.45. The SMILES string of the molecule is CC/C=C\C/C=C\C/C=C\C/C=C\C/C=C\C/C=C\C/C=C\C/C=C\C/C=C\C/C=C\CCCCCCCCCCC(=O)OC(COC(=O)CCCCCCC/C=C\C/C=C\C/C=C\C/C=C\C/C=C\C/C=C\C/C=C\C/C=C\C/C=C\CC)COP(=O)(O)OCCN. The lowest BCUT2D eigenvalue weighted by Crippen LogP contribution is -2.29. The van der Waals surface area contributed by atoms with E-state index in [1.54, 1.807) is 0 Å². The third kappa shape index (κ3) is 75.0. The Balaban J connectivity index is 4.06. The minimum atomic E-state index is -4.42. The molecule has 93 heavy (non-hydrogen) atoms. The Hall–Kier alpha value is -5.93. The average molecular weight is 1300 g/mol. The molecular weight excluding hydrogens is 1170 g/mol. The van der Waals surface area contributed by atoms with Crippen molar-refractivity contribution in [2.75, 3.05) is 26.4 Å². The summed E-state index contributed by atoms with van der Waals surface area (Å²) < 4.78 is 33.1. The van der Waals surface area contributed by atoms with Crippen LogP contribution in [0.25, 0.3) is 0 Å². The zero-order chi connectivity index (χ0) is 67.2. The van der Waals surface area contributed by atoms with Crippen molar-refractivity contribution >= 4 is 19.8 Å². The van der Waals surface area contributed by atoms with E-state index < -0.39 is 32.5 Å². The number of phosphoric acid groups is 1. The van der Waals surface area contributed by atoms with Gasteiger partial charge in [-0.1, -0.05) is 303 Å². The monoisotopic (exact) mass is 1300 g/mol. The number of ether oxygens (including phenoxy) is 2. The number of nitrogens with two attached hydrogens (primary N) is 1. The highest BCUT2D eigenvalue weighted by Gasteiger charge is 2.26. The zero-order valence-corrected chi connectivity index (χ0v) is 59.0. The van der Waals surface area contributed by atoms with Crippen molar-refractivity contribution in [2.45, 2.75) is 251 Å². The average Bonchev–Trinajstić information content (AvgIpc) is 3.60. The van der Waals surface area contributed by atoms with Gasteiger partial charge in [0.15, 0.2) is 6.10 Å². The lowest BCUT2D eigenvalue weighted by atomic mass is 10.1. The third-order valence-electron chi connectivity index (χ3n) is 14.0. The highest BCUT2D eigenvalue weighted by molar-refractivity contribution is 7.47. The quantitative estimate of drug-likeness (QED) is 0.0264. The van der Waals surface area contributed by atoms with Crippen LogP contribution < -0.4 is 5.73 Å². The number of esters is 2. The first kappa shape index (κ1) is 87.1. The molecule has 0 radical (unpaired) electrons. The molecule has 0 aliphatic carbocycles. The number of carbonyl (C=O) groups is 2. The van der Waals surface area contributed by atoms with Gasteiger partial charge in [-0.05, 0) is 161 Å². The molecule has 0 rings (SSSR count). The fourth-order valence-corrected chi connectivity index (χ4v) is 9.60. The Morgan fingerprint density at radius 2 is 0.559 bits per heavy atom. The molecule has 0 aliphatic heterocycles. The summed E-state index contributed by atoms with van der Waals surface area (Å²) in [5.41, 5.74) is 5.40. The molecule has 0 amide bonds. The van der Waals surface area contributed by atoms with Crippen LogP contribution in [0.3, 0.4) is 0 Å². The van der Waals surface area contributed by atoms with Crippen LogP contribution in [0.2, 0.25) is 0 Å². The van der Waals surface area contributed by atoms with Crippen molar-refractivity contribution in [3.05, 3.63) is 231 Å². The predicted molar refractivity (Wildman–Crippen MR) is 403 cm³/mol. The second-order valence-electron chi connectivity index (χ2n) is 22.6. The standard InChI is InChI=1S/C83H128NO8P/c1-3-5-7-9-11-13-15-17-19-21-23-25-27-29-31-33-35-37-38-39-40-41-42-44-46-48-50-52-54-56-58-60-62-64-66-68-70-72-74-76-83(86)92-81(80-91-93(87,88)90-78-77-84)79-89-82(85)75-73-71-69-67-65-63-61-59-57-55-53-51-49-47-45-43-36-34-32-30-28-26-24-22-20-18-16-14-12-10-8-6-4-2/h5-8,11-14,17-20,23-26,29-32,35-37,39-40,42-44,47-50,53-56,59,61,81H,3-4,9-10,15-16,21-22,27-28,33-34,38,41,45-46,51-52,57-58,60,62-80,84H2,1-2H3,(H,87,88)/b7-5-,8-6-,13-11-,14-12-,19-17-,20-18-,25-23-,26-24-,31-29-,32-30-,37-35-,40-39-,43-36-,44-42-,49-47-,50-48-,55-53-,56-54-,61-59-. The van der Waals surface area contributed by atoms with Crippen molar-refractivity contribution < 1.29 is 37.6 Å². The van der Waals surface area contributed by atoms with E-state index in [1.165, 1.54) is 25.7 Å². The molecule has 9 nitrogen and oxygen atoms in total. The first-order chi connectivity index (χ1) is 45.8. The van der Waals surface area contributed by atoms with E-state index in [-0.39, 0.29) is 32.6 Å². The summed E-state index contributed by atoms with van der Waals surface area (Å²) in [6, 6.07) is 0. The predicted octanol–water partition coefficient (Wildman–Crippen LogP) is 24.2. The molecule has 0 saturated heterocycles. The van der Waals surface area contributed by atoms with Gasteiger partial charge in [-0.2, -0.15) is 0 Å². The minimum Gasteiger partial charge on any atom is -0.462 e. The number of carbonyl (C=O) groups excluding carboxylic acids is 2. The summed E-state index contributed by atoms with van der Waals surface area (Å²) in [5.74, 6) is -0.878. The normalized spacial score (nSPS) is 14.3. The van der Waals surface area contributed by atoms with Gasteiger partial charge in [0, 0.05) is 19.4 Å². The van der Waals surface area contributed by atoms with Gasteiger partial charge < -0.3 is 20.1 Å². The number of phosphoric ester groups is 1. The smallest absolute Gasteiger partial charge is 0.462 e. The number of unbranched alkanes of at least 4 members (excludes halogenated alkanes) is 13. The van der Waals surface area contributed by atoms with Crippen LogP contribution in [0.1, 0.15) is 245 Å². The van der Waals surface area contributed by atoms with Crippen molar-refractivity contribution in [1.29, 1.82) is 0 Å². The van der Waals surface area contributed by atoms with Gasteiger partial charge >= 0.3 is 19.8 Å². The zero-order valence-electron chi connectivity index (χ0n) is 58.1. The Morgan fingerprint density at radius 3 is 0.828 bits per heavy atom. The Bertz CT molecular complexity index is 2380. The molecule has 0 heterocycles. The molecule has 0 aromatic heterocycles.